The Labute approximate surface area is 176 Å². The summed E-state index contributed by atoms with van der Waals surface area (Å²) in [6, 6.07) is 2.79. The number of amides is 1. The first-order valence-corrected chi connectivity index (χ1v) is 8.91. The molecule has 10 nitrogen and oxygen atoms in total. The second-order valence-electron chi connectivity index (χ2n) is 6.16. The van der Waals surface area contributed by atoms with E-state index in [4.69, 9.17) is 11.6 Å². The van der Waals surface area contributed by atoms with Crippen molar-refractivity contribution >= 4 is 23.2 Å². The molecule has 0 saturated carbocycles. The Morgan fingerprint density at radius 2 is 1.84 bits per heavy atom. The second kappa shape index (κ2) is 7.75. The Balaban J connectivity index is 1.68. The number of carbonyl (C=O) groups excluding carboxylic acids is 1. The summed E-state index contributed by atoms with van der Waals surface area (Å²) in [5, 5.41) is 21.2. The van der Waals surface area contributed by atoms with Gasteiger partial charge in [0.2, 0.25) is 0 Å². The molecule has 4 aromatic heterocycles. The standard InChI is InChI=1S/C17H11ClF3N9O/c1-9-2-3-23-28-14(9)29-13(17(19,20)21)11(8-26-29)16(31)27-10-6-12(18)15(22-7-10)30-24-4-5-25-30/h2-8H,1H3,(H,27,31). The van der Waals surface area contributed by atoms with Gasteiger partial charge in [0.1, 0.15) is 0 Å². The van der Waals surface area contributed by atoms with Gasteiger partial charge in [0, 0.05) is 0 Å². The zero-order chi connectivity index (χ0) is 22.2. The second-order valence-corrected chi connectivity index (χ2v) is 6.56. The van der Waals surface area contributed by atoms with E-state index < -0.39 is 23.3 Å². The molecule has 0 aromatic carbocycles. The molecule has 0 unspecified atom stereocenters. The minimum atomic E-state index is -4.89. The third-order valence-electron chi connectivity index (χ3n) is 4.07. The maximum Gasteiger partial charge on any atom is 0.434 e. The maximum atomic E-state index is 13.8. The summed E-state index contributed by atoms with van der Waals surface area (Å²) >= 11 is 6.13. The van der Waals surface area contributed by atoms with Crippen LogP contribution in [0.3, 0.4) is 0 Å². The summed E-state index contributed by atoms with van der Waals surface area (Å²) in [5.74, 6) is -1.01. The van der Waals surface area contributed by atoms with Gasteiger partial charge in [-0.3, -0.25) is 4.79 Å². The molecule has 0 aliphatic heterocycles. The quantitative estimate of drug-likeness (QED) is 0.509. The minimum Gasteiger partial charge on any atom is -0.320 e. The summed E-state index contributed by atoms with van der Waals surface area (Å²) in [6.07, 6.45) is 1.31. The first kappa shape index (κ1) is 20.4. The van der Waals surface area contributed by atoms with E-state index in [1.807, 2.05) is 0 Å². The van der Waals surface area contributed by atoms with Gasteiger partial charge in [-0.1, -0.05) is 11.6 Å². The van der Waals surface area contributed by atoms with Crippen molar-refractivity contribution in [1.29, 1.82) is 0 Å². The lowest BCUT2D eigenvalue weighted by atomic mass is 10.2. The van der Waals surface area contributed by atoms with Crippen LogP contribution in [0.2, 0.25) is 5.02 Å². The molecule has 4 aromatic rings. The SMILES string of the molecule is Cc1ccnnc1-n1ncc(C(=O)Nc2cnc(-n3nccn3)c(Cl)c2)c1C(F)(F)F. The van der Waals surface area contributed by atoms with Crippen molar-refractivity contribution in [2.24, 2.45) is 0 Å². The van der Waals surface area contributed by atoms with E-state index >= 15 is 0 Å². The predicted molar refractivity (Wildman–Crippen MR) is 101 cm³/mol. The number of hydrogen-bond donors (Lipinski definition) is 1. The fourth-order valence-electron chi connectivity index (χ4n) is 2.71. The number of hydrogen-bond acceptors (Lipinski definition) is 7. The van der Waals surface area contributed by atoms with E-state index in [-0.39, 0.29) is 22.3 Å². The van der Waals surface area contributed by atoms with Gasteiger partial charge in [0.15, 0.2) is 17.3 Å². The largest absolute Gasteiger partial charge is 0.434 e. The third kappa shape index (κ3) is 3.94. The summed E-state index contributed by atoms with van der Waals surface area (Å²) in [5.41, 5.74) is -1.52. The molecule has 0 radical (unpaired) electrons. The molecule has 4 rings (SSSR count). The molecular formula is C17H11ClF3N9O. The van der Waals surface area contributed by atoms with Gasteiger partial charge in [0.25, 0.3) is 5.91 Å². The average Bonchev–Trinajstić information content (AvgIpc) is 3.38. The molecular weight excluding hydrogens is 439 g/mol. The van der Waals surface area contributed by atoms with Crippen LogP contribution in [0.15, 0.2) is 43.1 Å². The molecule has 0 bridgehead atoms. The lowest BCUT2D eigenvalue weighted by Crippen LogP contribution is -2.21. The highest BCUT2D eigenvalue weighted by Crippen LogP contribution is 2.34. The highest BCUT2D eigenvalue weighted by atomic mass is 35.5. The van der Waals surface area contributed by atoms with Crippen molar-refractivity contribution < 1.29 is 18.0 Å². The highest BCUT2D eigenvalue weighted by Gasteiger charge is 2.41. The Kier molecular flexibility index (Phi) is 5.10. The fourth-order valence-corrected chi connectivity index (χ4v) is 2.96. The Hall–Kier alpha value is -3.87. The van der Waals surface area contributed by atoms with Crippen molar-refractivity contribution in [1.82, 2.24) is 40.0 Å². The van der Waals surface area contributed by atoms with Gasteiger partial charge >= 0.3 is 6.18 Å². The van der Waals surface area contributed by atoms with Crippen molar-refractivity contribution in [2.45, 2.75) is 13.1 Å². The Morgan fingerprint density at radius 3 is 2.48 bits per heavy atom. The van der Waals surface area contributed by atoms with E-state index in [1.54, 1.807) is 6.92 Å². The number of alkyl halides is 3. The lowest BCUT2D eigenvalue weighted by Gasteiger charge is -2.13. The van der Waals surface area contributed by atoms with Crippen LogP contribution >= 0.6 is 11.6 Å². The Bertz CT molecular complexity index is 1250. The molecule has 0 aliphatic carbocycles. The summed E-state index contributed by atoms with van der Waals surface area (Å²) < 4.78 is 41.9. The number of carbonyl (C=O) groups is 1. The molecule has 0 fully saturated rings. The van der Waals surface area contributed by atoms with Crippen LogP contribution in [0.25, 0.3) is 11.6 Å². The van der Waals surface area contributed by atoms with Crippen LogP contribution in [-0.4, -0.2) is 45.9 Å². The summed E-state index contributed by atoms with van der Waals surface area (Å²) in [6.45, 7) is 1.55. The molecule has 0 atom stereocenters. The van der Waals surface area contributed by atoms with Gasteiger partial charge < -0.3 is 5.32 Å². The van der Waals surface area contributed by atoms with E-state index in [0.29, 0.717) is 10.2 Å². The van der Waals surface area contributed by atoms with Crippen molar-refractivity contribution in [3.05, 3.63) is 65.0 Å². The number of halogens is 4. The predicted octanol–water partition coefficient (Wildman–Crippen LogP) is 2.87. The molecule has 1 N–H and O–H groups in total. The van der Waals surface area contributed by atoms with E-state index in [1.165, 1.54) is 36.9 Å². The normalized spacial score (nSPS) is 11.5. The number of aromatic nitrogens is 8. The van der Waals surface area contributed by atoms with Gasteiger partial charge in [0.05, 0.1) is 47.3 Å². The van der Waals surface area contributed by atoms with Crippen LogP contribution in [0, 0.1) is 6.92 Å². The van der Waals surface area contributed by atoms with Gasteiger partial charge in [-0.25, -0.2) is 9.67 Å². The molecule has 0 saturated heterocycles. The molecule has 14 heteroatoms. The van der Waals surface area contributed by atoms with Crippen molar-refractivity contribution in [2.75, 3.05) is 5.32 Å². The van der Waals surface area contributed by atoms with Gasteiger partial charge in [-0.05, 0) is 24.6 Å². The van der Waals surface area contributed by atoms with Crippen molar-refractivity contribution in [3.63, 3.8) is 0 Å². The van der Waals surface area contributed by atoms with E-state index in [2.05, 4.69) is 35.8 Å². The van der Waals surface area contributed by atoms with Crippen LogP contribution in [0.1, 0.15) is 21.6 Å². The minimum absolute atomic E-state index is 0.0717. The maximum absolute atomic E-state index is 13.8. The number of rotatable bonds is 4. The number of nitrogens with zero attached hydrogens (tertiary/aromatic N) is 8. The zero-order valence-electron chi connectivity index (χ0n) is 15.5. The average molecular weight is 450 g/mol. The van der Waals surface area contributed by atoms with Crippen LogP contribution in [0.5, 0.6) is 0 Å². The van der Waals surface area contributed by atoms with Crippen molar-refractivity contribution in [3.8, 4) is 11.6 Å². The van der Waals surface area contributed by atoms with E-state index in [9.17, 15) is 18.0 Å². The summed E-state index contributed by atoms with van der Waals surface area (Å²) in [4.78, 5) is 17.8. The molecule has 158 valence electrons. The summed E-state index contributed by atoms with van der Waals surface area (Å²) in [7, 11) is 0. The Morgan fingerprint density at radius 1 is 1.10 bits per heavy atom. The van der Waals surface area contributed by atoms with Crippen LogP contribution in [0.4, 0.5) is 18.9 Å². The number of nitrogens with one attached hydrogen (secondary N) is 1. The zero-order valence-corrected chi connectivity index (χ0v) is 16.3. The first-order valence-electron chi connectivity index (χ1n) is 8.53. The fraction of sp³-hybridized carbons (Fsp3) is 0.118. The van der Waals surface area contributed by atoms with E-state index in [0.717, 1.165) is 11.0 Å². The molecule has 0 aliphatic rings. The van der Waals surface area contributed by atoms with Crippen LogP contribution in [-0.2, 0) is 6.18 Å². The molecule has 31 heavy (non-hydrogen) atoms. The highest BCUT2D eigenvalue weighted by molar-refractivity contribution is 6.32. The molecule has 0 spiro atoms. The topological polar surface area (TPSA) is 116 Å². The first-order chi connectivity index (χ1) is 14.8. The molecule has 1 amide bonds. The third-order valence-corrected chi connectivity index (χ3v) is 4.35. The van der Waals surface area contributed by atoms with Gasteiger partial charge in [-0.2, -0.15) is 33.6 Å². The van der Waals surface area contributed by atoms with Crippen LogP contribution < -0.4 is 5.32 Å². The number of anilines is 1. The molecule has 4 heterocycles. The smallest absolute Gasteiger partial charge is 0.320 e. The lowest BCUT2D eigenvalue weighted by molar-refractivity contribution is -0.143. The van der Waals surface area contributed by atoms with Gasteiger partial charge in [-0.15, -0.1) is 9.90 Å². The number of aryl methyl sites for hydroxylation is 1. The monoisotopic (exact) mass is 449 g/mol. The number of pyridine rings is 1.